The topological polar surface area (TPSA) is 65.8 Å². The van der Waals surface area contributed by atoms with Crippen LogP contribution < -0.4 is 5.32 Å². The third-order valence-electron chi connectivity index (χ3n) is 2.41. The largest absolute Gasteiger partial charge is 0.321 e. The zero-order valence-corrected chi connectivity index (χ0v) is 11.3. The normalized spacial score (nSPS) is 9.90. The van der Waals surface area contributed by atoms with Crippen LogP contribution in [0.25, 0.3) is 0 Å². The van der Waals surface area contributed by atoms with Gasteiger partial charge in [0.15, 0.2) is 0 Å². The summed E-state index contributed by atoms with van der Waals surface area (Å²) in [6, 6.07) is 8.07. The van der Waals surface area contributed by atoms with Crippen molar-refractivity contribution in [3.05, 3.63) is 57.6 Å². The van der Waals surface area contributed by atoms with E-state index in [1.54, 1.807) is 6.07 Å². The molecule has 1 N–H and O–H groups in total. The summed E-state index contributed by atoms with van der Waals surface area (Å²) in [5, 5.41) is 11.5. The molecule has 0 unspecified atom stereocenters. The fraction of sp³-hybridized carbons (Fsp3) is 0. The molecule has 0 fully saturated rings. The highest BCUT2D eigenvalue weighted by atomic mass is 35.5. The van der Waals surface area contributed by atoms with Crippen LogP contribution in [-0.4, -0.2) is 10.9 Å². The van der Waals surface area contributed by atoms with Crippen molar-refractivity contribution in [2.75, 3.05) is 5.32 Å². The Bertz CT molecular complexity index is 728. The van der Waals surface area contributed by atoms with Crippen LogP contribution in [0.2, 0.25) is 10.3 Å². The number of pyridine rings is 1. The lowest BCUT2D eigenvalue weighted by Crippen LogP contribution is -2.14. The summed E-state index contributed by atoms with van der Waals surface area (Å²) in [6.07, 6.45) is 0. The first-order valence-corrected chi connectivity index (χ1v) is 6.10. The summed E-state index contributed by atoms with van der Waals surface area (Å²) in [7, 11) is 0. The first-order chi connectivity index (χ1) is 9.51. The number of anilines is 1. The van der Waals surface area contributed by atoms with Gasteiger partial charge in [0.1, 0.15) is 22.2 Å². The zero-order valence-electron chi connectivity index (χ0n) is 9.82. The summed E-state index contributed by atoms with van der Waals surface area (Å²) < 4.78 is 13.0. The van der Waals surface area contributed by atoms with Gasteiger partial charge in [-0.1, -0.05) is 23.2 Å². The Morgan fingerprint density at radius 1 is 1.30 bits per heavy atom. The first-order valence-electron chi connectivity index (χ1n) is 5.34. The Morgan fingerprint density at radius 2 is 2.05 bits per heavy atom. The van der Waals surface area contributed by atoms with E-state index >= 15 is 0 Å². The van der Waals surface area contributed by atoms with E-state index < -0.39 is 11.7 Å². The smallest absolute Gasteiger partial charge is 0.258 e. The van der Waals surface area contributed by atoms with Crippen molar-refractivity contribution in [1.29, 1.82) is 5.26 Å². The quantitative estimate of drug-likeness (QED) is 0.861. The number of carbonyl (C=O) groups excluding carboxylic acids is 1. The molecule has 1 amide bonds. The maximum atomic E-state index is 13.0. The van der Waals surface area contributed by atoms with Crippen LogP contribution >= 0.6 is 23.2 Å². The van der Waals surface area contributed by atoms with E-state index in [0.29, 0.717) is 0 Å². The maximum absolute atomic E-state index is 13.0. The van der Waals surface area contributed by atoms with E-state index in [9.17, 15) is 9.18 Å². The van der Waals surface area contributed by atoms with Crippen molar-refractivity contribution >= 4 is 34.8 Å². The van der Waals surface area contributed by atoms with Crippen molar-refractivity contribution in [1.82, 2.24) is 4.98 Å². The number of rotatable bonds is 2. The van der Waals surface area contributed by atoms with Gasteiger partial charge in [-0.2, -0.15) is 5.26 Å². The molecule has 0 aliphatic heterocycles. The summed E-state index contributed by atoms with van der Waals surface area (Å²) in [5.41, 5.74) is 0.297. The molecule has 1 aromatic carbocycles. The number of nitriles is 1. The number of amides is 1. The third kappa shape index (κ3) is 3.05. The van der Waals surface area contributed by atoms with Gasteiger partial charge in [0, 0.05) is 0 Å². The molecular formula is C13H6Cl2FN3O. The van der Waals surface area contributed by atoms with Crippen LogP contribution in [0.1, 0.15) is 15.9 Å². The molecule has 1 aromatic heterocycles. The van der Waals surface area contributed by atoms with Crippen molar-refractivity contribution in [2.24, 2.45) is 0 Å². The van der Waals surface area contributed by atoms with Gasteiger partial charge in [-0.15, -0.1) is 0 Å². The summed E-state index contributed by atoms with van der Waals surface area (Å²) in [6.45, 7) is 0. The molecule has 0 atom stereocenters. The third-order valence-corrected chi connectivity index (χ3v) is 2.91. The van der Waals surface area contributed by atoms with E-state index in [2.05, 4.69) is 10.3 Å². The Kier molecular flexibility index (Phi) is 4.18. The lowest BCUT2D eigenvalue weighted by atomic mass is 10.1. The van der Waals surface area contributed by atoms with Crippen molar-refractivity contribution < 1.29 is 9.18 Å². The standard InChI is InChI=1S/C13H6Cl2FN3O/c14-11-4-2-9(12(15)19-11)13(20)18-10-3-1-8(16)5-7(10)6-17/h1-5H,(H,18,20). The summed E-state index contributed by atoms with van der Waals surface area (Å²) in [5.74, 6) is -1.13. The average molecular weight is 310 g/mol. The number of nitrogens with one attached hydrogen (secondary N) is 1. The van der Waals surface area contributed by atoms with Crippen LogP contribution in [0.15, 0.2) is 30.3 Å². The molecule has 0 radical (unpaired) electrons. The van der Waals surface area contributed by atoms with Gasteiger partial charge in [0.2, 0.25) is 0 Å². The molecule has 0 aliphatic carbocycles. The molecular weight excluding hydrogens is 304 g/mol. The van der Waals surface area contributed by atoms with Gasteiger partial charge < -0.3 is 5.32 Å². The van der Waals surface area contributed by atoms with Gasteiger partial charge in [-0.3, -0.25) is 4.79 Å². The highest BCUT2D eigenvalue weighted by molar-refractivity contribution is 6.35. The van der Waals surface area contributed by atoms with Gasteiger partial charge in [-0.05, 0) is 30.3 Å². The highest BCUT2D eigenvalue weighted by Crippen LogP contribution is 2.20. The fourth-order valence-corrected chi connectivity index (χ4v) is 1.92. The first kappa shape index (κ1) is 14.3. The van der Waals surface area contributed by atoms with E-state index in [1.807, 2.05) is 0 Å². The van der Waals surface area contributed by atoms with E-state index in [4.69, 9.17) is 28.5 Å². The van der Waals surface area contributed by atoms with Gasteiger partial charge >= 0.3 is 0 Å². The monoisotopic (exact) mass is 309 g/mol. The van der Waals surface area contributed by atoms with Crippen LogP contribution in [0, 0.1) is 17.1 Å². The predicted molar refractivity (Wildman–Crippen MR) is 73.3 cm³/mol. The molecule has 0 spiro atoms. The van der Waals surface area contributed by atoms with Crippen LogP contribution in [-0.2, 0) is 0 Å². The zero-order chi connectivity index (χ0) is 14.7. The van der Waals surface area contributed by atoms with Crippen molar-refractivity contribution in [2.45, 2.75) is 0 Å². The highest BCUT2D eigenvalue weighted by Gasteiger charge is 2.14. The molecule has 0 saturated heterocycles. The Morgan fingerprint density at radius 3 is 2.70 bits per heavy atom. The van der Waals surface area contributed by atoms with Gasteiger partial charge in [0.05, 0.1) is 16.8 Å². The molecule has 0 aliphatic rings. The minimum absolute atomic E-state index is 0.0106. The number of aromatic nitrogens is 1. The predicted octanol–water partition coefficient (Wildman–Crippen LogP) is 3.65. The fourth-order valence-electron chi connectivity index (χ4n) is 1.49. The summed E-state index contributed by atoms with van der Waals surface area (Å²) in [4.78, 5) is 15.8. The molecule has 20 heavy (non-hydrogen) atoms. The molecule has 1 heterocycles. The molecule has 2 rings (SSSR count). The minimum atomic E-state index is -0.567. The van der Waals surface area contributed by atoms with Crippen molar-refractivity contribution in [3.8, 4) is 6.07 Å². The average Bonchev–Trinajstić information content (AvgIpc) is 2.40. The van der Waals surface area contributed by atoms with Crippen LogP contribution in [0.3, 0.4) is 0 Å². The number of halogens is 3. The van der Waals surface area contributed by atoms with E-state index in [0.717, 1.165) is 12.1 Å². The molecule has 0 bridgehead atoms. The minimum Gasteiger partial charge on any atom is -0.321 e. The SMILES string of the molecule is N#Cc1cc(F)ccc1NC(=O)c1ccc(Cl)nc1Cl. The summed E-state index contributed by atoms with van der Waals surface area (Å²) >= 11 is 11.4. The molecule has 4 nitrogen and oxygen atoms in total. The number of benzene rings is 1. The van der Waals surface area contributed by atoms with E-state index in [-0.39, 0.29) is 27.1 Å². The second-order valence-corrected chi connectivity index (χ2v) is 4.47. The Balaban J connectivity index is 2.31. The van der Waals surface area contributed by atoms with Crippen LogP contribution in [0.4, 0.5) is 10.1 Å². The lowest BCUT2D eigenvalue weighted by Gasteiger charge is -2.08. The Labute approximate surface area is 123 Å². The number of hydrogen-bond acceptors (Lipinski definition) is 3. The van der Waals surface area contributed by atoms with E-state index in [1.165, 1.54) is 18.2 Å². The van der Waals surface area contributed by atoms with Crippen molar-refractivity contribution in [3.63, 3.8) is 0 Å². The number of carbonyl (C=O) groups is 1. The number of nitrogens with zero attached hydrogens (tertiary/aromatic N) is 2. The van der Waals surface area contributed by atoms with Crippen LogP contribution in [0.5, 0.6) is 0 Å². The maximum Gasteiger partial charge on any atom is 0.258 e. The Hall–Kier alpha value is -2.16. The molecule has 7 heteroatoms. The van der Waals surface area contributed by atoms with Gasteiger partial charge in [-0.25, -0.2) is 9.37 Å². The number of hydrogen-bond donors (Lipinski definition) is 1. The molecule has 0 saturated carbocycles. The second kappa shape index (κ2) is 5.87. The second-order valence-electron chi connectivity index (χ2n) is 3.73. The van der Waals surface area contributed by atoms with Gasteiger partial charge in [0.25, 0.3) is 5.91 Å². The lowest BCUT2D eigenvalue weighted by molar-refractivity contribution is 0.102. The molecule has 2 aromatic rings. The molecule has 100 valence electrons.